The van der Waals surface area contributed by atoms with Crippen LogP contribution < -0.4 is 0 Å². The van der Waals surface area contributed by atoms with Crippen molar-refractivity contribution in [2.45, 2.75) is 67.4 Å². The van der Waals surface area contributed by atoms with Gasteiger partial charge in [-0.25, -0.2) is 0 Å². The standard InChI is InChI=1S/C18H35BO4/c1-15(2,3)17(6,7)14-22-11-18(12-23-14)9-20-13(21-10-18)16(4,5)8-19/h13-14H,8-12,19H2,1-7H3. The highest BCUT2D eigenvalue weighted by Crippen LogP contribution is 2.45. The smallest absolute Gasteiger partial charge is 0.163 e. The minimum absolute atomic E-state index is 0.0365. The molecule has 0 aromatic rings. The van der Waals surface area contributed by atoms with Gasteiger partial charge in [0.25, 0.3) is 0 Å². The van der Waals surface area contributed by atoms with Gasteiger partial charge in [-0.1, -0.05) is 54.8 Å². The van der Waals surface area contributed by atoms with Gasteiger partial charge in [-0.2, -0.15) is 0 Å². The summed E-state index contributed by atoms with van der Waals surface area (Å²) in [5.41, 5.74) is -0.0742. The SMILES string of the molecule is BCC(C)(C)C1OCC2(CO1)COC(C(C)(C)C(C)(C)C)OC2. The Morgan fingerprint density at radius 3 is 1.52 bits per heavy atom. The zero-order valence-electron chi connectivity index (χ0n) is 16.3. The molecule has 0 saturated carbocycles. The highest BCUT2D eigenvalue weighted by Gasteiger charge is 2.49. The first-order valence-electron chi connectivity index (χ1n) is 8.90. The molecule has 0 atom stereocenters. The summed E-state index contributed by atoms with van der Waals surface area (Å²) in [4.78, 5) is 0. The summed E-state index contributed by atoms with van der Waals surface area (Å²) in [5.74, 6) is 0. The van der Waals surface area contributed by atoms with E-state index in [1.165, 1.54) is 0 Å². The van der Waals surface area contributed by atoms with Crippen LogP contribution in [-0.4, -0.2) is 46.9 Å². The lowest BCUT2D eigenvalue weighted by Crippen LogP contribution is -2.57. The van der Waals surface area contributed by atoms with E-state index < -0.39 is 0 Å². The zero-order chi connectivity index (χ0) is 17.5. The Morgan fingerprint density at radius 1 is 0.783 bits per heavy atom. The Bertz CT molecular complexity index is 396. The fraction of sp³-hybridized carbons (Fsp3) is 1.00. The third-order valence-corrected chi connectivity index (χ3v) is 6.24. The molecular formula is C18H35BO4. The number of hydrogen-bond donors (Lipinski definition) is 0. The number of ether oxygens (including phenoxy) is 4. The molecule has 134 valence electrons. The summed E-state index contributed by atoms with van der Waals surface area (Å²) in [5, 5.41) is 0. The highest BCUT2D eigenvalue weighted by atomic mass is 16.7. The lowest BCUT2D eigenvalue weighted by atomic mass is 9.68. The van der Waals surface area contributed by atoms with Gasteiger partial charge in [0.1, 0.15) is 7.85 Å². The van der Waals surface area contributed by atoms with Crippen LogP contribution in [0.4, 0.5) is 0 Å². The maximum atomic E-state index is 6.13. The monoisotopic (exact) mass is 326 g/mol. The van der Waals surface area contributed by atoms with Crippen molar-refractivity contribution >= 4 is 7.85 Å². The van der Waals surface area contributed by atoms with Crippen LogP contribution in [0.1, 0.15) is 48.5 Å². The Morgan fingerprint density at radius 2 is 1.17 bits per heavy atom. The molecule has 23 heavy (non-hydrogen) atoms. The van der Waals surface area contributed by atoms with Gasteiger partial charge < -0.3 is 18.9 Å². The molecule has 5 heteroatoms. The highest BCUT2D eigenvalue weighted by molar-refractivity contribution is 6.08. The van der Waals surface area contributed by atoms with Crippen molar-refractivity contribution in [2.75, 3.05) is 26.4 Å². The molecule has 0 bridgehead atoms. The van der Waals surface area contributed by atoms with Crippen molar-refractivity contribution in [1.82, 2.24) is 0 Å². The average molecular weight is 326 g/mol. The molecule has 2 fully saturated rings. The van der Waals surface area contributed by atoms with E-state index in [4.69, 9.17) is 18.9 Å². The van der Waals surface area contributed by atoms with Crippen molar-refractivity contribution in [2.24, 2.45) is 21.7 Å². The van der Waals surface area contributed by atoms with E-state index in [9.17, 15) is 0 Å². The van der Waals surface area contributed by atoms with Crippen LogP contribution in [0.3, 0.4) is 0 Å². The molecular weight excluding hydrogens is 291 g/mol. The van der Waals surface area contributed by atoms with Gasteiger partial charge in [-0.3, -0.25) is 0 Å². The van der Waals surface area contributed by atoms with Crippen LogP contribution in [0.25, 0.3) is 0 Å². The first-order chi connectivity index (χ1) is 10.4. The van der Waals surface area contributed by atoms with Gasteiger partial charge >= 0.3 is 0 Å². The van der Waals surface area contributed by atoms with Gasteiger partial charge in [-0.15, -0.1) is 0 Å². The normalized spacial score (nSPS) is 33.9. The summed E-state index contributed by atoms with van der Waals surface area (Å²) >= 11 is 0. The van der Waals surface area contributed by atoms with E-state index >= 15 is 0 Å². The lowest BCUT2D eigenvalue weighted by Gasteiger charge is -2.51. The van der Waals surface area contributed by atoms with E-state index in [-0.39, 0.29) is 34.2 Å². The summed E-state index contributed by atoms with van der Waals surface area (Å²) in [7, 11) is 2.17. The van der Waals surface area contributed by atoms with E-state index in [1.807, 2.05) is 0 Å². The Hall–Kier alpha value is -0.0951. The molecule has 2 rings (SSSR count). The second-order valence-corrected chi connectivity index (χ2v) is 9.72. The quantitative estimate of drug-likeness (QED) is 0.748. The van der Waals surface area contributed by atoms with E-state index in [2.05, 4.69) is 56.3 Å². The second kappa shape index (κ2) is 6.32. The van der Waals surface area contributed by atoms with Gasteiger partial charge in [0, 0.05) is 10.8 Å². The Balaban J connectivity index is 1.93. The van der Waals surface area contributed by atoms with Crippen LogP contribution in [0.2, 0.25) is 6.32 Å². The maximum Gasteiger partial charge on any atom is 0.163 e. The predicted octanol–water partition coefficient (Wildman–Crippen LogP) is 2.87. The molecule has 0 amide bonds. The first-order valence-corrected chi connectivity index (χ1v) is 8.90. The van der Waals surface area contributed by atoms with Crippen LogP contribution in [0.5, 0.6) is 0 Å². The van der Waals surface area contributed by atoms with Gasteiger partial charge in [0.15, 0.2) is 12.6 Å². The Kier molecular flexibility index (Phi) is 5.29. The molecule has 2 heterocycles. The summed E-state index contributed by atoms with van der Waals surface area (Å²) in [6.45, 7) is 18.0. The van der Waals surface area contributed by atoms with E-state index in [1.54, 1.807) is 0 Å². The maximum absolute atomic E-state index is 6.13. The fourth-order valence-corrected chi connectivity index (χ4v) is 2.74. The molecule has 2 aliphatic heterocycles. The van der Waals surface area contributed by atoms with E-state index in [0.29, 0.717) is 26.4 Å². The third-order valence-electron chi connectivity index (χ3n) is 6.24. The number of rotatable bonds is 3. The lowest BCUT2D eigenvalue weighted by molar-refractivity contribution is -0.339. The molecule has 0 aliphatic carbocycles. The van der Waals surface area contributed by atoms with Crippen molar-refractivity contribution in [1.29, 1.82) is 0 Å². The van der Waals surface area contributed by atoms with Gasteiger partial charge in [0.2, 0.25) is 0 Å². The topological polar surface area (TPSA) is 36.9 Å². The van der Waals surface area contributed by atoms with E-state index in [0.717, 1.165) is 6.32 Å². The van der Waals surface area contributed by atoms with Crippen LogP contribution in [0.15, 0.2) is 0 Å². The van der Waals surface area contributed by atoms with Crippen molar-refractivity contribution in [3.63, 3.8) is 0 Å². The first kappa shape index (κ1) is 19.2. The van der Waals surface area contributed by atoms with Crippen LogP contribution in [0, 0.1) is 21.7 Å². The Labute approximate surface area is 143 Å². The average Bonchev–Trinajstić information content (AvgIpc) is 2.47. The molecule has 0 aromatic heterocycles. The summed E-state index contributed by atoms with van der Waals surface area (Å²) in [6, 6.07) is 0. The minimum Gasteiger partial charge on any atom is -0.351 e. The number of hydrogen-bond acceptors (Lipinski definition) is 4. The van der Waals surface area contributed by atoms with Gasteiger partial charge in [-0.05, 0) is 5.41 Å². The predicted molar refractivity (Wildman–Crippen MR) is 94.2 cm³/mol. The molecule has 4 nitrogen and oxygen atoms in total. The molecule has 2 aliphatic rings. The molecule has 1 spiro atoms. The third kappa shape index (κ3) is 3.78. The van der Waals surface area contributed by atoms with Gasteiger partial charge in [0.05, 0.1) is 31.8 Å². The molecule has 0 aromatic carbocycles. The van der Waals surface area contributed by atoms with Crippen LogP contribution in [-0.2, 0) is 18.9 Å². The van der Waals surface area contributed by atoms with Crippen molar-refractivity contribution in [3.8, 4) is 0 Å². The largest absolute Gasteiger partial charge is 0.351 e. The molecule has 2 saturated heterocycles. The molecule has 0 N–H and O–H groups in total. The van der Waals surface area contributed by atoms with Crippen molar-refractivity contribution in [3.05, 3.63) is 0 Å². The molecule has 0 radical (unpaired) electrons. The summed E-state index contributed by atoms with van der Waals surface area (Å²) < 4.78 is 24.3. The minimum atomic E-state index is -0.182. The fourth-order valence-electron chi connectivity index (χ4n) is 2.74. The van der Waals surface area contributed by atoms with Crippen LogP contribution >= 0.6 is 0 Å². The second-order valence-electron chi connectivity index (χ2n) is 9.72. The van der Waals surface area contributed by atoms with Crippen molar-refractivity contribution < 1.29 is 18.9 Å². The summed E-state index contributed by atoms with van der Waals surface area (Å²) in [6.07, 6.45) is 0.708. The molecule has 0 unspecified atom stereocenters. The zero-order valence-corrected chi connectivity index (χ0v) is 16.3.